The Morgan fingerprint density at radius 2 is 1.77 bits per heavy atom. The minimum absolute atomic E-state index is 0.0543. The zero-order valence-corrected chi connectivity index (χ0v) is 17.4. The first-order valence-corrected chi connectivity index (χ1v) is 9.58. The minimum Gasteiger partial charge on any atom is -0.493 e. The summed E-state index contributed by atoms with van der Waals surface area (Å²) in [7, 11) is 3.10. The number of amides is 1. The first-order chi connectivity index (χ1) is 14.3. The zero-order chi connectivity index (χ0) is 21.8. The van der Waals surface area contributed by atoms with Crippen molar-refractivity contribution in [3.05, 3.63) is 68.9 Å². The highest BCUT2D eigenvalue weighted by Crippen LogP contribution is 2.32. The van der Waals surface area contributed by atoms with Gasteiger partial charge in [-0.1, -0.05) is 32.0 Å². The third kappa shape index (κ3) is 4.22. The van der Waals surface area contributed by atoms with Gasteiger partial charge in [-0.3, -0.25) is 14.2 Å². The molecule has 0 aliphatic rings. The van der Waals surface area contributed by atoms with Gasteiger partial charge in [-0.2, -0.15) is 0 Å². The molecule has 1 heterocycles. The van der Waals surface area contributed by atoms with Gasteiger partial charge >= 0.3 is 5.69 Å². The number of para-hydroxylation sites is 1. The van der Waals surface area contributed by atoms with Crippen LogP contribution in [0.2, 0.25) is 0 Å². The highest BCUT2D eigenvalue weighted by Gasteiger charge is 2.21. The smallest absolute Gasteiger partial charge is 0.329 e. The lowest BCUT2D eigenvalue weighted by Gasteiger charge is -2.24. The number of carbonyl (C=O) groups excluding carboxylic acids is 1. The van der Waals surface area contributed by atoms with E-state index in [4.69, 9.17) is 9.47 Å². The van der Waals surface area contributed by atoms with E-state index in [-0.39, 0.29) is 18.5 Å². The highest BCUT2D eigenvalue weighted by atomic mass is 16.5. The van der Waals surface area contributed by atoms with Crippen molar-refractivity contribution in [1.29, 1.82) is 0 Å². The molecule has 8 nitrogen and oxygen atoms in total. The van der Waals surface area contributed by atoms with Crippen LogP contribution in [0, 0.1) is 5.92 Å². The lowest BCUT2D eigenvalue weighted by molar-refractivity contribution is -0.122. The molecular weight excluding hydrogens is 386 g/mol. The summed E-state index contributed by atoms with van der Waals surface area (Å²) >= 11 is 0. The molecule has 0 saturated carbocycles. The number of nitrogens with one attached hydrogen (secondary N) is 2. The summed E-state index contributed by atoms with van der Waals surface area (Å²) in [5.41, 5.74) is 0.142. The van der Waals surface area contributed by atoms with Crippen molar-refractivity contribution < 1.29 is 14.3 Å². The van der Waals surface area contributed by atoms with Crippen LogP contribution in [0.25, 0.3) is 10.9 Å². The fraction of sp³-hybridized carbons (Fsp3) is 0.318. The number of methoxy groups -OCH3 is 2. The van der Waals surface area contributed by atoms with Gasteiger partial charge in [0.1, 0.15) is 6.54 Å². The van der Waals surface area contributed by atoms with E-state index < -0.39 is 17.2 Å². The van der Waals surface area contributed by atoms with Crippen LogP contribution in [0.15, 0.2) is 52.1 Å². The van der Waals surface area contributed by atoms with Crippen molar-refractivity contribution >= 4 is 16.8 Å². The van der Waals surface area contributed by atoms with E-state index in [1.807, 2.05) is 19.9 Å². The summed E-state index contributed by atoms with van der Waals surface area (Å²) in [4.78, 5) is 40.4. The molecule has 0 bridgehead atoms. The predicted octanol–water partition coefficient (Wildman–Crippen LogP) is 2.22. The quantitative estimate of drug-likeness (QED) is 0.621. The maximum atomic E-state index is 12.7. The Morgan fingerprint density at radius 3 is 2.43 bits per heavy atom. The molecule has 158 valence electrons. The zero-order valence-electron chi connectivity index (χ0n) is 17.4. The van der Waals surface area contributed by atoms with Crippen LogP contribution in [0.5, 0.6) is 11.5 Å². The Hall–Kier alpha value is -3.55. The van der Waals surface area contributed by atoms with Gasteiger partial charge in [0.2, 0.25) is 5.91 Å². The number of carbonyl (C=O) groups is 1. The van der Waals surface area contributed by atoms with Crippen LogP contribution < -0.4 is 26.0 Å². The second-order valence-corrected chi connectivity index (χ2v) is 7.27. The van der Waals surface area contributed by atoms with Crippen LogP contribution >= 0.6 is 0 Å². The topological polar surface area (TPSA) is 102 Å². The lowest BCUT2D eigenvalue weighted by Crippen LogP contribution is -2.42. The standard InChI is InChI=1S/C22H25N3O5/c1-13(2)20(14-9-10-17(29-3)18(11-14)30-4)24-19(26)12-25-21(27)15-7-5-6-8-16(15)23-22(25)28/h5-11,13,20H,12H2,1-4H3,(H,23,28)(H,24,26). The molecule has 0 aliphatic carbocycles. The molecule has 30 heavy (non-hydrogen) atoms. The molecule has 0 radical (unpaired) electrons. The molecule has 3 rings (SSSR count). The average Bonchev–Trinajstić information content (AvgIpc) is 2.74. The number of fused-ring (bicyclic) bond motifs is 1. The molecule has 1 amide bonds. The number of ether oxygens (including phenoxy) is 2. The predicted molar refractivity (Wildman–Crippen MR) is 114 cm³/mol. The number of H-pyrrole nitrogens is 1. The molecule has 0 saturated heterocycles. The summed E-state index contributed by atoms with van der Waals surface area (Å²) in [6.45, 7) is 3.56. The van der Waals surface area contributed by atoms with Gasteiger partial charge in [-0.15, -0.1) is 0 Å². The first-order valence-electron chi connectivity index (χ1n) is 9.58. The summed E-state index contributed by atoms with van der Waals surface area (Å²) < 4.78 is 11.5. The monoisotopic (exact) mass is 411 g/mol. The van der Waals surface area contributed by atoms with Crippen molar-refractivity contribution in [2.45, 2.75) is 26.4 Å². The van der Waals surface area contributed by atoms with Crippen molar-refractivity contribution in [3.8, 4) is 11.5 Å². The van der Waals surface area contributed by atoms with Crippen LogP contribution in [0.3, 0.4) is 0 Å². The van der Waals surface area contributed by atoms with E-state index in [9.17, 15) is 14.4 Å². The lowest BCUT2D eigenvalue weighted by atomic mass is 9.95. The van der Waals surface area contributed by atoms with E-state index in [2.05, 4.69) is 10.3 Å². The number of aromatic amines is 1. The number of rotatable bonds is 7. The van der Waals surface area contributed by atoms with E-state index >= 15 is 0 Å². The van der Waals surface area contributed by atoms with Gasteiger partial charge in [0.25, 0.3) is 5.56 Å². The van der Waals surface area contributed by atoms with E-state index in [1.165, 1.54) is 0 Å². The third-order valence-electron chi connectivity index (χ3n) is 4.94. The molecule has 1 aromatic heterocycles. The molecule has 1 unspecified atom stereocenters. The normalized spacial score (nSPS) is 12.0. The van der Waals surface area contributed by atoms with Crippen LogP contribution in [-0.2, 0) is 11.3 Å². The van der Waals surface area contributed by atoms with Gasteiger partial charge in [0.15, 0.2) is 11.5 Å². The van der Waals surface area contributed by atoms with E-state index in [1.54, 1.807) is 50.6 Å². The van der Waals surface area contributed by atoms with Crippen molar-refractivity contribution in [2.24, 2.45) is 5.92 Å². The Kier molecular flexibility index (Phi) is 6.25. The average molecular weight is 411 g/mol. The van der Waals surface area contributed by atoms with E-state index in [0.717, 1.165) is 10.1 Å². The SMILES string of the molecule is COc1ccc(C(NC(=O)Cn2c(=O)[nH]c3ccccc3c2=O)C(C)C)cc1OC. The fourth-order valence-corrected chi connectivity index (χ4v) is 3.39. The van der Waals surface area contributed by atoms with Crippen LogP contribution in [-0.4, -0.2) is 29.7 Å². The maximum absolute atomic E-state index is 12.7. The van der Waals surface area contributed by atoms with Crippen molar-refractivity contribution in [1.82, 2.24) is 14.9 Å². The number of hydrogen-bond donors (Lipinski definition) is 2. The second kappa shape index (κ2) is 8.86. The molecular formula is C22H25N3O5. The molecule has 8 heteroatoms. The number of nitrogens with zero attached hydrogens (tertiary/aromatic N) is 1. The van der Waals surface area contributed by atoms with Crippen LogP contribution in [0.1, 0.15) is 25.5 Å². The fourth-order valence-electron chi connectivity index (χ4n) is 3.39. The number of benzene rings is 2. The van der Waals surface area contributed by atoms with Gasteiger partial charge < -0.3 is 19.8 Å². The molecule has 0 fully saturated rings. The summed E-state index contributed by atoms with van der Waals surface area (Å²) in [6.07, 6.45) is 0. The summed E-state index contributed by atoms with van der Waals surface area (Å²) in [5.74, 6) is 0.756. The Labute approximate surface area is 173 Å². The maximum Gasteiger partial charge on any atom is 0.329 e. The third-order valence-corrected chi connectivity index (χ3v) is 4.94. The molecule has 1 atom stereocenters. The Balaban J connectivity index is 1.88. The van der Waals surface area contributed by atoms with Crippen molar-refractivity contribution in [3.63, 3.8) is 0 Å². The number of aromatic nitrogens is 2. The largest absolute Gasteiger partial charge is 0.493 e. The minimum atomic E-state index is -0.624. The Bertz CT molecular complexity index is 1180. The molecule has 0 spiro atoms. The highest BCUT2D eigenvalue weighted by molar-refractivity contribution is 5.79. The Morgan fingerprint density at radius 1 is 1.07 bits per heavy atom. The molecule has 2 aromatic carbocycles. The van der Waals surface area contributed by atoms with E-state index in [0.29, 0.717) is 22.4 Å². The van der Waals surface area contributed by atoms with Gasteiger partial charge in [0, 0.05) is 0 Å². The molecule has 2 N–H and O–H groups in total. The first kappa shape index (κ1) is 21.2. The van der Waals surface area contributed by atoms with Gasteiger partial charge in [-0.05, 0) is 35.7 Å². The van der Waals surface area contributed by atoms with Crippen molar-refractivity contribution in [2.75, 3.05) is 14.2 Å². The summed E-state index contributed by atoms with van der Waals surface area (Å²) in [5, 5.41) is 3.28. The molecule has 0 aliphatic heterocycles. The van der Waals surface area contributed by atoms with Gasteiger partial charge in [-0.25, -0.2) is 4.79 Å². The number of hydrogen-bond acceptors (Lipinski definition) is 5. The second-order valence-electron chi connectivity index (χ2n) is 7.27. The van der Waals surface area contributed by atoms with Crippen LogP contribution in [0.4, 0.5) is 0 Å². The van der Waals surface area contributed by atoms with Gasteiger partial charge in [0.05, 0.1) is 31.2 Å². The molecule has 3 aromatic rings. The summed E-state index contributed by atoms with van der Waals surface area (Å²) in [6, 6.07) is 11.8.